The fourth-order valence-electron chi connectivity index (χ4n) is 4.56. The second-order valence-electron chi connectivity index (χ2n) is 8.30. The number of hydrogen-bond acceptors (Lipinski definition) is 5. The Morgan fingerprint density at radius 3 is 2.53 bits per heavy atom. The minimum Gasteiger partial charge on any atom is -0.369 e. The first-order valence-corrected chi connectivity index (χ1v) is 11.7. The van der Waals surface area contributed by atoms with E-state index in [1.165, 1.54) is 15.4 Å². The van der Waals surface area contributed by atoms with E-state index in [4.69, 9.17) is 4.98 Å². The van der Waals surface area contributed by atoms with Gasteiger partial charge in [0, 0.05) is 50.9 Å². The standard InChI is InChI=1S/C24H28N4OS/c29-23(18-26-13-15-27(16-14-26)20-8-2-1-3-9-20)28-12-6-7-19(17-28)24-25-21-10-4-5-11-22(21)30-24/h1-5,8-11,19H,6-7,12-18H2/t19-/m0/s1. The molecule has 2 saturated heterocycles. The number of carbonyl (C=O) groups excluding carboxylic acids is 1. The Morgan fingerprint density at radius 1 is 0.967 bits per heavy atom. The van der Waals surface area contributed by atoms with Crippen molar-refractivity contribution in [2.45, 2.75) is 18.8 Å². The third kappa shape index (κ3) is 4.20. The van der Waals surface area contributed by atoms with Crippen LogP contribution in [0.3, 0.4) is 0 Å². The van der Waals surface area contributed by atoms with Crippen LogP contribution in [0, 0.1) is 0 Å². The number of amides is 1. The summed E-state index contributed by atoms with van der Waals surface area (Å²) in [5.74, 6) is 0.643. The van der Waals surface area contributed by atoms with Crippen LogP contribution in [0.4, 0.5) is 5.69 Å². The highest BCUT2D eigenvalue weighted by Gasteiger charge is 2.28. The van der Waals surface area contributed by atoms with Crippen LogP contribution in [-0.4, -0.2) is 66.5 Å². The number of likely N-dealkylation sites (tertiary alicyclic amines) is 1. The number of aromatic nitrogens is 1. The molecule has 2 aliphatic rings. The Hall–Kier alpha value is -2.44. The quantitative estimate of drug-likeness (QED) is 0.643. The normalized spacial score (nSPS) is 20.6. The molecule has 1 aromatic heterocycles. The number of nitrogens with zero attached hydrogens (tertiary/aromatic N) is 4. The summed E-state index contributed by atoms with van der Waals surface area (Å²) >= 11 is 1.79. The average molecular weight is 421 g/mol. The van der Waals surface area contributed by atoms with E-state index in [1.54, 1.807) is 11.3 Å². The molecule has 0 radical (unpaired) electrons. The van der Waals surface area contributed by atoms with Gasteiger partial charge in [0.05, 0.1) is 21.8 Å². The number of thiazole rings is 1. The molecule has 156 valence electrons. The lowest BCUT2D eigenvalue weighted by Crippen LogP contribution is -2.51. The molecule has 3 aromatic rings. The maximum atomic E-state index is 13.0. The van der Waals surface area contributed by atoms with Crippen molar-refractivity contribution in [2.75, 3.05) is 50.7 Å². The predicted molar refractivity (Wildman–Crippen MR) is 123 cm³/mol. The van der Waals surface area contributed by atoms with Crippen molar-refractivity contribution in [1.82, 2.24) is 14.8 Å². The highest BCUT2D eigenvalue weighted by Crippen LogP contribution is 2.33. The van der Waals surface area contributed by atoms with Gasteiger partial charge in [-0.15, -0.1) is 11.3 Å². The van der Waals surface area contributed by atoms with Crippen molar-refractivity contribution in [3.05, 3.63) is 59.6 Å². The van der Waals surface area contributed by atoms with E-state index in [1.807, 2.05) is 6.07 Å². The first-order chi connectivity index (χ1) is 14.8. The Morgan fingerprint density at radius 2 is 1.73 bits per heavy atom. The molecule has 1 atom stereocenters. The third-order valence-electron chi connectivity index (χ3n) is 6.29. The fraction of sp³-hybridized carbons (Fsp3) is 0.417. The zero-order valence-electron chi connectivity index (χ0n) is 17.2. The zero-order chi connectivity index (χ0) is 20.3. The summed E-state index contributed by atoms with van der Waals surface area (Å²) < 4.78 is 1.24. The number of piperidine rings is 1. The second kappa shape index (κ2) is 8.74. The van der Waals surface area contributed by atoms with Crippen LogP contribution in [0.25, 0.3) is 10.2 Å². The van der Waals surface area contributed by atoms with Crippen molar-refractivity contribution >= 4 is 33.1 Å². The molecule has 30 heavy (non-hydrogen) atoms. The van der Waals surface area contributed by atoms with Crippen LogP contribution in [0.5, 0.6) is 0 Å². The van der Waals surface area contributed by atoms with E-state index in [-0.39, 0.29) is 5.91 Å². The van der Waals surface area contributed by atoms with Crippen molar-refractivity contribution in [3.63, 3.8) is 0 Å². The molecular weight excluding hydrogens is 392 g/mol. The van der Waals surface area contributed by atoms with Crippen molar-refractivity contribution in [1.29, 1.82) is 0 Å². The lowest BCUT2D eigenvalue weighted by Gasteiger charge is -2.38. The smallest absolute Gasteiger partial charge is 0.236 e. The first-order valence-electron chi connectivity index (χ1n) is 10.9. The summed E-state index contributed by atoms with van der Waals surface area (Å²) in [6.45, 7) is 6.06. The van der Waals surface area contributed by atoms with E-state index in [0.29, 0.717) is 12.5 Å². The van der Waals surface area contributed by atoms with Gasteiger partial charge in [-0.3, -0.25) is 9.69 Å². The van der Waals surface area contributed by atoms with E-state index >= 15 is 0 Å². The van der Waals surface area contributed by atoms with Gasteiger partial charge in [0.15, 0.2) is 0 Å². The van der Waals surface area contributed by atoms with Gasteiger partial charge in [-0.05, 0) is 37.1 Å². The largest absolute Gasteiger partial charge is 0.369 e. The maximum absolute atomic E-state index is 13.0. The number of carbonyl (C=O) groups is 1. The van der Waals surface area contributed by atoms with Crippen molar-refractivity contribution < 1.29 is 4.79 Å². The van der Waals surface area contributed by atoms with Crippen molar-refractivity contribution in [2.24, 2.45) is 0 Å². The summed E-state index contributed by atoms with van der Waals surface area (Å²) in [5.41, 5.74) is 2.36. The average Bonchev–Trinajstić information content (AvgIpc) is 3.25. The molecule has 0 spiro atoms. The van der Waals surface area contributed by atoms with Gasteiger partial charge >= 0.3 is 0 Å². The lowest BCUT2D eigenvalue weighted by atomic mass is 9.98. The predicted octanol–water partition coefficient (Wildman–Crippen LogP) is 3.82. The molecule has 2 fully saturated rings. The highest BCUT2D eigenvalue weighted by atomic mass is 32.1. The van der Waals surface area contributed by atoms with Gasteiger partial charge in [-0.1, -0.05) is 30.3 Å². The van der Waals surface area contributed by atoms with Gasteiger partial charge in [-0.25, -0.2) is 4.98 Å². The number of para-hydroxylation sites is 2. The summed E-state index contributed by atoms with van der Waals surface area (Å²) in [4.78, 5) is 24.7. The van der Waals surface area contributed by atoms with Crippen LogP contribution in [0.1, 0.15) is 23.8 Å². The summed E-state index contributed by atoms with van der Waals surface area (Å²) in [6, 6.07) is 18.9. The molecule has 0 N–H and O–H groups in total. The van der Waals surface area contributed by atoms with Gasteiger partial charge in [-0.2, -0.15) is 0 Å². The third-order valence-corrected chi connectivity index (χ3v) is 7.49. The molecule has 0 unspecified atom stereocenters. The maximum Gasteiger partial charge on any atom is 0.236 e. The van der Waals surface area contributed by atoms with Crippen LogP contribution in [0.2, 0.25) is 0 Å². The van der Waals surface area contributed by atoms with Crippen LogP contribution in [-0.2, 0) is 4.79 Å². The summed E-state index contributed by atoms with van der Waals surface area (Å²) in [6.07, 6.45) is 2.19. The molecule has 0 bridgehead atoms. The van der Waals surface area contributed by atoms with E-state index in [9.17, 15) is 4.79 Å². The Kier molecular flexibility index (Phi) is 5.69. The molecule has 6 heteroatoms. The van der Waals surface area contributed by atoms with Gasteiger partial charge in [0.25, 0.3) is 0 Å². The topological polar surface area (TPSA) is 39.7 Å². The van der Waals surface area contributed by atoms with Gasteiger partial charge in [0.2, 0.25) is 5.91 Å². The zero-order valence-corrected chi connectivity index (χ0v) is 18.1. The highest BCUT2D eigenvalue weighted by molar-refractivity contribution is 7.18. The summed E-state index contributed by atoms with van der Waals surface area (Å²) in [5, 5.41) is 1.19. The SMILES string of the molecule is O=C(CN1CCN(c2ccccc2)CC1)N1CCC[C@H](c2nc3ccccc3s2)C1. The lowest BCUT2D eigenvalue weighted by molar-refractivity contribution is -0.133. The minimum absolute atomic E-state index is 0.272. The molecular formula is C24H28N4OS. The van der Waals surface area contributed by atoms with E-state index in [2.05, 4.69) is 63.2 Å². The van der Waals surface area contributed by atoms with Crippen LogP contribution in [0.15, 0.2) is 54.6 Å². The number of fused-ring (bicyclic) bond motifs is 1. The van der Waals surface area contributed by atoms with Crippen LogP contribution < -0.4 is 4.90 Å². The fourth-order valence-corrected chi connectivity index (χ4v) is 5.66. The molecule has 5 rings (SSSR count). The Bertz CT molecular complexity index is 964. The second-order valence-corrected chi connectivity index (χ2v) is 9.36. The van der Waals surface area contributed by atoms with Crippen LogP contribution >= 0.6 is 11.3 Å². The van der Waals surface area contributed by atoms with Crippen molar-refractivity contribution in [3.8, 4) is 0 Å². The molecule has 3 heterocycles. The minimum atomic E-state index is 0.272. The van der Waals surface area contributed by atoms with Gasteiger partial charge in [0.1, 0.15) is 0 Å². The summed E-state index contributed by atoms with van der Waals surface area (Å²) in [7, 11) is 0. The molecule has 0 aliphatic carbocycles. The Balaban J connectivity index is 1.16. The van der Waals surface area contributed by atoms with E-state index < -0.39 is 0 Å². The molecule has 1 amide bonds. The number of rotatable bonds is 4. The number of piperazine rings is 1. The first kappa shape index (κ1) is 19.5. The number of benzene rings is 2. The van der Waals surface area contributed by atoms with E-state index in [0.717, 1.165) is 57.6 Å². The monoisotopic (exact) mass is 420 g/mol. The number of anilines is 1. The van der Waals surface area contributed by atoms with Gasteiger partial charge < -0.3 is 9.80 Å². The molecule has 5 nitrogen and oxygen atoms in total. The molecule has 0 saturated carbocycles. The number of hydrogen-bond donors (Lipinski definition) is 0. The molecule has 2 aromatic carbocycles. The molecule has 2 aliphatic heterocycles. The Labute approximate surface area is 181 Å².